The number of nitrogens with one attached hydrogen (secondary N) is 1. The highest BCUT2D eigenvalue weighted by atomic mass is 16.5. The van der Waals surface area contributed by atoms with E-state index < -0.39 is 0 Å². The van der Waals surface area contributed by atoms with Crippen LogP contribution in [-0.4, -0.2) is 45.5 Å². The van der Waals surface area contributed by atoms with Crippen molar-refractivity contribution in [1.29, 1.82) is 0 Å². The first kappa shape index (κ1) is 16.2. The Morgan fingerprint density at radius 2 is 2.20 bits per heavy atom. The van der Waals surface area contributed by atoms with E-state index in [1.54, 1.807) is 20.2 Å². The third-order valence-corrected chi connectivity index (χ3v) is 2.83. The number of hydrogen-bond acceptors (Lipinski definition) is 4. The van der Waals surface area contributed by atoms with Crippen LogP contribution in [-0.2, 0) is 14.3 Å². The number of ether oxygens (including phenoxy) is 2. The maximum atomic E-state index is 12.2. The van der Waals surface area contributed by atoms with E-state index in [2.05, 4.69) is 10.3 Å². The second-order valence-corrected chi connectivity index (χ2v) is 4.07. The van der Waals surface area contributed by atoms with E-state index in [0.29, 0.717) is 31.1 Å². The van der Waals surface area contributed by atoms with Gasteiger partial charge in [-0.25, -0.2) is 0 Å². The van der Waals surface area contributed by atoms with E-state index in [1.807, 2.05) is 26.0 Å². The highest BCUT2D eigenvalue weighted by molar-refractivity contribution is 6.16. The van der Waals surface area contributed by atoms with Crippen molar-refractivity contribution in [3.8, 4) is 0 Å². The Hall–Kier alpha value is -1.88. The van der Waals surface area contributed by atoms with E-state index in [-0.39, 0.29) is 5.91 Å². The smallest absolute Gasteiger partial charge is 0.255 e. The number of rotatable bonds is 6. The molecule has 0 aromatic rings. The number of amides is 1. The maximum absolute atomic E-state index is 12.2. The molecule has 0 radical (unpaired) electrons. The summed E-state index contributed by atoms with van der Waals surface area (Å²) in [6.45, 7) is 5.23. The Morgan fingerprint density at radius 1 is 1.45 bits per heavy atom. The maximum Gasteiger partial charge on any atom is 0.255 e. The van der Waals surface area contributed by atoms with E-state index in [0.717, 1.165) is 11.3 Å². The topological polar surface area (TPSA) is 59.9 Å². The van der Waals surface area contributed by atoms with Crippen LogP contribution in [0.5, 0.6) is 0 Å². The lowest BCUT2D eigenvalue weighted by Crippen LogP contribution is -2.30. The molecule has 0 atom stereocenters. The summed E-state index contributed by atoms with van der Waals surface area (Å²) in [5.74, 6) is 0.407. The average Bonchev–Trinajstić information content (AvgIpc) is 2.47. The van der Waals surface area contributed by atoms with Gasteiger partial charge in [-0.3, -0.25) is 9.79 Å². The molecule has 20 heavy (non-hydrogen) atoms. The van der Waals surface area contributed by atoms with Gasteiger partial charge in [-0.05, 0) is 26.0 Å². The van der Waals surface area contributed by atoms with Gasteiger partial charge >= 0.3 is 0 Å². The summed E-state index contributed by atoms with van der Waals surface area (Å²) in [5, 5.41) is 2.80. The monoisotopic (exact) mass is 278 g/mol. The van der Waals surface area contributed by atoms with Crippen LogP contribution in [0.15, 0.2) is 40.1 Å². The molecule has 0 aliphatic heterocycles. The predicted octanol–water partition coefficient (Wildman–Crippen LogP) is 1.63. The van der Waals surface area contributed by atoms with Crippen LogP contribution >= 0.6 is 0 Å². The molecule has 1 N–H and O–H groups in total. The summed E-state index contributed by atoms with van der Waals surface area (Å²) < 4.78 is 10.6. The van der Waals surface area contributed by atoms with Crippen LogP contribution < -0.4 is 5.32 Å². The zero-order valence-electron chi connectivity index (χ0n) is 12.5. The molecule has 1 amide bonds. The zero-order valence-corrected chi connectivity index (χ0v) is 12.5. The van der Waals surface area contributed by atoms with Gasteiger partial charge in [-0.1, -0.05) is 6.08 Å². The first-order chi connectivity index (χ1) is 9.69. The van der Waals surface area contributed by atoms with E-state index in [9.17, 15) is 4.79 Å². The van der Waals surface area contributed by atoms with Crippen molar-refractivity contribution in [2.24, 2.45) is 4.99 Å². The molecule has 110 valence electrons. The van der Waals surface area contributed by atoms with Crippen LogP contribution in [0.1, 0.15) is 13.8 Å². The van der Waals surface area contributed by atoms with Crippen molar-refractivity contribution in [2.75, 3.05) is 33.9 Å². The minimum absolute atomic E-state index is 0.170. The number of hydrogen-bond donors (Lipinski definition) is 1. The van der Waals surface area contributed by atoms with Gasteiger partial charge in [-0.2, -0.15) is 0 Å². The fourth-order valence-corrected chi connectivity index (χ4v) is 1.90. The molecule has 1 aliphatic carbocycles. The normalized spacial score (nSPS) is 18.8. The van der Waals surface area contributed by atoms with Crippen molar-refractivity contribution < 1.29 is 14.3 Å². The largest absolute Gasteiger partial charge is 0.492 e. The molecule has 0 aromatic heterocycles. The number of carbonyl (C=O) groups is 1. The lowest BCUT2D eigenvalue weighted by Gasteiger charge is -2.20. The Labute approximate surface area is 120 Å². The molecule has 0 fully saturated rings. The number of nitrogens with zero attached hydrogens (tertiary/aromatic N) is 1. The lowest BCUT2D eigenvalue weighted by molar-refractivity contribution is -0.117. The SMILES string of the molecule is C/C=C1/C(OCC)=C(C(=O)NCCOC)C=C/C1=N/C. The molecule has 5 heteroatoms. The Kier molecular flexibility index (Phi) is 6.73. The molecule has 0 saturated carbocycles. The summed E-state index contributed by atoms with van der Waals surface area (Å²) in [4.78, 5) is 16.4. The minimum atomic E-state index is -0.170. The highest BCUT2D eigenvalue weighted by Gasteiger charge is 2.23. The Balaban J connectivity index is 3.05. The summed E-state index contributed by atoms with van der Waals surface area (Å²) in [5.41, 5.74) is 2.17. The van der Waals surface area contributed by atoms with Crippen molar-refractivity contribution in [2.45, 2.75) is 13.8 Å². The van der Waals surface area contributed by atoms with E-state index in [4.69, 9.17) is 9.47 Å². The van der Waals surface area contributed by atoms with Crippen LogP contribution in [0.4, 0.5) is 0 Å². The van der Waals surface area contributed by atoms with Gasteiger partial charge in [-0.15, -0.1) is 0 Å². The number of allylic oxidation sites excluding steroid dienone is 3. The van der Waals surface area contributed by atoms with Gasteiger partial charge in [0.15, 0.2) is 0 Å². The van der Waals surface area contributed by atoms with Crippen LogP contribution in [0.2, 0.25) is 0 Å². The van der Waals surface area contributed by atoms with E-state index in [1.165, 1.54) is 0 Å². The molecule has 0 bridgehead atoms. The number of aliphatic imine (C=N–C) groups is 1. The molecule has 1 rings (SSSR count). The standard InChI is InChI=1S/C15H22N2O3/c1-5-11-13(16-3)8-7-12(14(11)20-6-2)15(18)17-9-10-19-4/h5,7-8H,6,9-10H2,1-4H3,(H,17,18)/b11-5+,16-13-. The molecule has 0 heterocycles. The van der Waals surface area contributed by atoms with Crippen molar-refractivity contribution in [3.63, 3.8) is 0 Å². The van der Waals surface area contributed by atoms with Crippen molar-refractivity contribution in [1.82, 2.24) is 5.32 Å². The molecule has 1 aliphatic rings. The first-order valence-corrected chi connectivity index (χ1v) is 6.65. The molecule has 5 nitrogen and oxygen atoms in total. The van der Waals surface area contributed by atoms with E-state index >= 15 is 0 Å². The fraction of sp³-hybridized carbons (Fsp3) is 0.467. The molecule has 0 spiro atoms. The van der Waals surface area contributed by atoms with Gasteiger partial charge in [0.05, 0.1) is 24.5 Å². The highest BCUT2D eigenvalue weighted by Crippen LogP contribution is 2.24. The second kappa shape index (κ2) is 8.32. The third kappa shape index (κ3) is 3.81. The van der Waals surface area contributed by atoms with Crippen molar-refractivity contribution >= 4 is 11.6 Å². The first-order valence-electron chi connectivity index (χ1n) is 6.65. The molecule has 0 aromatic carbocycles. The minimum Gasteiger partial charge on any atom is -0.492 e. The Morgan fingerprint density at radius 3 is 2.75 bits per heavy atom. The summed E-state index contributed by atoms with van der Waals surface area (Å²) in [6, 6.07) is 0. The lowest BCUT2D eigenvalue weighted by atomic mass is 9.96. The van der Waals surface area contributed by atoms with Gasteiger partial charge in [0.25, 0.3) is 5.91 Å². The number of methoxy groups -OCH3 is 1. The van der Waals surface area contributed by atoms with Gasteiger partial charge in [0.2, 0.25) is 0 Å². The van der Waals surface area contributed by atoms with Crippen LogP contribution in [0.3, 0.4) is 0 Å². The summed E-state index contributed by atoms with van der Waals surface area (Å²) in [7, 11) is 3.32. The Bertz CT molecular complexity index is 474. The average molecular weight is 278 g/mol. The van der Waals surface area contributed by atoms with Crippen LogP contribution in [0.25, 0.3) is 0 Å². The second-order valence-electron chi connectivity index (χ2n) is 4.07. The van der Waals surface area contributed by atoms with Crippen LogP contribution in [0, 0.1) is 0 Å². The summed E-state index contributed by atoms with van der Waals surface area (Å²) in [6.07, 6.45) is 5.46. The van der Waals surface area contributed by atoms with Gasteiger partial charge in [0.1, 0.15) is 5.76 Å². The third-order valence-electron chi connectivity index (χ3n) is 2.83. The summed E-state index contributed by atoms with van der Waals surface area (Å²) >= 11 is 0. The molecule has 0 saturated heterocycles. The molecular weight excluding hydrogens is 256 g/mol. The fourth-order valence-electron chi connectivity index (χ4n) is 1.90. The van der Waals surface area contributed by atoms with Crippen molar-refractivity contribution in [3.05, 3.63) is 35.1 Å². The molecular formula is C15H22N2O3. The van der Waals surface area contributed by atoms with Gasteiger partial charge in [0, 0.05) is 26.3 Å². The van der Waals surface area contributed by atoms with Gasteiger partial charge < -0.3 is 14.8 Å². The quantitative estimate of drug-likeness (QED) is 0.751. The number of carbonyl (C=O) groups excluding carboxylic acids is 1. The molecule has 0 unspecified atom stereocenters. The zero-order chi connectivity index (χ0) is 15.0. The predicted molar refractivity (Wildman–Crippen MR) is 79.8 cm³/mol.